The van der Waals surface area contributed by atoms with E-state index >= 15 is 0 Å². The number of fused-ring (bicyclic) bond motifs is 3. The average molecular weight is 570 g/mol. The van der Waals surface area contributed by atoms with E-state index in [-0.39, 0.29) is 17.5 Å². The third-order valence-electron chi connectivity index (χ3n) is 7.79. The summed E-state index contributed by atoms with van der Waals surface area (Å²) in [6, 6.07) is 27.0. The van der Waals surface area contributed by atoms with Crippen LogP contribution in [0.15, 0.2) is 88.2 Å². The van der Waals surface area contributed by atoms with Crippen LogP contribution in [0.2, 0.25) is 0 Å². The highest BCUT2D eigenvalue weighted by atomic mass is 79.9. The Morgan fingerprint density at radius 1 is 0.971 bits per heavy atom. The Kier molecular flexibility index (Phi) is 6.34. The molecule has 3 aliphatic rings. The number of aryl methyl sites for hydroxylation is 1. The van der Waals surface area contributed by atoms with Gasteiger partial charge >= 0.3 is 0 Å². The van der Waals surface area contributed by atoms with E-state index in [2.05, 4.69) is 57.2 Å². The van der Waals surface area contributed by atoms with E-state index in [0.717, 1.165) is 28.6 Å². The summed E-state index contributed by atoms with van der Waals surface area (Å²) in [4.78, 5) is 3.06. The quantitative estimate of drug-likeness (QED) is 0.385. The molecule has 3 fully saturated rings. The van der Waals surface area contributed by atoms with Crippen LogP contribution >= 0.6 is 27.7 Å². The fourth-order valence-electron chi connectivity index (χ4n) is 6.22. The number of sulfonamides is 1. The molecule has 0 bridgehead atoms. The summed E-state index contributed by atoms with van der Waals surface area (Å²) in [7, 11) is -3.59. The summed E-state index contributed by atoms with van der Waals surface area (Å²) < 4.78 is 30.8. The van der Waals surface area contributed by atoms with Gasteiger partial charge in [0.1, 0.15) is 0 Å². The van der Waals surface area contributed by atoms with Crippen molar-refractivity contribution in [2.45, 2.75) is 48.2 Å². The Bertz CT molecular complexity index is 1300. The van der Waals surface area contributed by atoms with Gasteiger partial charge in [-0.1, -0.05) is 76.1 Å². The van der Waals surface area contributed by atoms with Crippen molar-refractivity contribution in [2.75, 3.05) is 12.3 Å². The molecule has 182 valence electrons. The minimum absolute atomic E-state index is 0.0876. The first-order valence-corrected chi connectivity index (χ1v) is 15.5. The zero-order valence-electron chi connectivity index (χ0n) is 19.6. The monoisotopic (exact) mass is 568 g/mol. The topological polar surface area (TPSA) is 40.6 Å². The van der Waals surface area contributed by atoms with Gasteiger partial charge in [0.15, 0.2) is 0 Å². The van der Waals surface area contributed by atoms with Crippen molar-refractivity contribution in [3.05, 3.63) is 100 Å². The first-order valence-electron chi connectivity index (χ1n) is 12.2. The molecule has 0 amide bonds. The van der Waals surface area contributed by atoms with E-state index in [1.165, 1.54) is 11.1 Å². The van der Waals surface area contributed by atoms with Gasteiger partial charge in [-0.15, -0.1) is 11.8 Å². The molecule has 0 saturated carbocycles. The second-order valence-corrected chi connectivity index (χ2v) is 13.9. The number of benzene rings is 3. The molecule has 0 spiro atoms. The van der Waals surface area contributed by atoms with Crippen LogP contribution in [-0.4, -0.2) is 48.0 Å². The maximum absolute atomic E-state index is 14.0. The first-order chi connectivity index (χ1) is 16.9. The molecule has 35 heavy (non-hydrogen) atoms. The highest BCUT2D eigenvalue weighted by Crippen LogP contribution is 2.54. The van der Waals surface area contributed by atoms with Gasteiger partial charge in [0, 0.05) is 34.9 Å². The van der Waals surface area contributed by atoms with Gasteiger partial charge in [-0.05, 0) is 61.1 Å². The van der Waals surface area contributed by atoms with Gasteiger partial charge in [0.05, 0.1) is 10.3 Å². The van der Waals surface area contributed by atoms with Crippen molar-refractivity contribution in [3.8, 4) is 0 Å². The van der Waals surface area contributed by atoms with Crippen LogP contribution in [0.3, 0.4) is 0 Å². The molecule has 7 heteroatoms. The third-order valence-corrected chi connectivity index (χ3v) is 11.6. The molecule has 3 aliphatic heterocycles. The number of hydrogen-bond acceptors (Lipinski definition) is 4. The van der Waals surface area contributed by atoms with Gasteiger partial charge in [-0.25, -0.2) is 8.42 Å². The lowest BCUT2D eigenvalue weighted by Gasteiger charge is -2.36. The van der Waals surface area contributed by atoms with Crippen LogP contribution in [0.5, 0.6) is 0 Å². The second kappa shape index (κ2) is 9.34. The Morgan fingerprint density at radius 3 is 2.40 bits per heavy atom. The van der Waals surface area contributed by atoms with Crippen molar-refractivity contribution in [1.29, 1.82) is 0 Å². The smallest absolute Gasteiger partial charge is 0.243 e. The predicted octanol–water partition coefficient (Wildman–Crippen LogP) is 5.88. The van der Waals surface area contributed by atoms with Crippen molar-refractivity contribution < 1.29 is 8.42 Å². The SMILES string of the molecule is Cc1ccc(S(=O)(=O)N2C[C@H]3C[C@@H]4CS[C@@H](c5ccc(Br)cc5)N4[C@H]3[C@@H]2Cc2ccccc2)cc1. The van der Waals surface area contributed by atoms with Crippen molar-refractivity contribution in [1.82, 2.24) is 9.21 Å². The predicted molar refractivity (Wildman–Crippen MR) is 146 cm³/mol. The molecule has 0 unspecified atom stereocenters. The highest BCUT2D eigenvalue weighted by Gasteiger charge is 2.58. The molecule has 0 N–H and O–H groups in total. The van der Waals surface area contributed by atoms with Gasteiger partial charge in [-0.2, -0.15) is 4.31 Å². The van der Waals surface area contributed by atoms with E-state index in [1.54, 1.807) is 12.1 Å². The summed E-state index contributed by atoms with van der Waals surface area (Å²) in [5.74, 6) is 1.46. The summed E-state index contributed by atoms with van der Waals surface area (Å²) in [5.41, 5.74) is 3.56. The summed E-state index contributed by atoms with van der Waals surface area (Å²) in [5, 5.41) is 0.267. The molecule has 0 aliphatic carbocycles. The third kappa shape index (κ3) is 4.29. The largest absolute Gasteiger partial charge is 0.279 e. The van der Waals surface area contributed by atoms with Crippen LogP contribution in [0.4, 0.5) is 0 Å². The molecule has 4 nitrogen and oxygen atoms in total. The summed E-state index contributed by atoms with van der Waals surface area (Å²) in [6.07, 6.45) is 1.80. The number of nitrogens with zero attached hydrogens (tertiary/aromatic N) is 2. The zero-order valence-corrected chi connectivity index (χ0v) is 22.8. The highest BCUT2D eigenvalue weighted by molar-refractivity contribution is 9.10. The van der Waals surface area contributed by atoms with Crippen molar-refractivity contribution >= 4 is 37.7 Å². The van der Waals surface area contributed by atoms with E-state index in [0.29, 0.717) is 23.4 Å². The lowest BCUT2D eigenvalue weighted by Crippen LogP contribution is -2.48. The van der Waals surface area contributed by atoms with E-state index in [9.17, 15) is 8.42 Å². The van der Waals surface area contributed by atoms with Gasteiger partial charge in [0.2, 0.25) is 10.0 Å². The van der Waals surface area contributed by atoms with E-state index in [4.69, 9.17) is 0 Å². The lowest BCUT2D eigenvalue weighted by atomic mass is 9.94. The zero-order chi connectivity index (χ0) is 24.2. The van der Waals surface area contributed by atoms with E-state index in [1.807, 2.05) is 53.3 Å². The molecule has 3 aromatic carbocycles. The van der Waals surface area contributed by atoms with Crippen LogP contribution < -0.4 is 0 Å². The first kappa shape index (κ1) is 23.7. The van der Waals surface area contributed by atoms with Crippen LogP contribution in [0.25, 0.3) is 0 Å². The normalized spacial score (nSPS) is 28.8. The lowest BCUT2D eigenvalue weighted by molar-refractivity contribution is 0.160. The average Bonchev–Trinajstić information content (AvgIpc) is 3.51. The maximum Gasteiger partial charge on any atom is 0.243 e. The molecular formula is C28H29BrN2O2S2. The van der Waals surface area contributed by atoms with Crippen LogP contribution in [-0.2, 0) is 16.4 Å². The maximum atomic E-state index is 14.0. The van der Waals surface area contributed by atoms with Crippen LogP contribution in [0, 0.1) is 12.8 Å². The van der Waals surface area contributed by atoms with Crippen LogP contribution in [0.1, 0.15) is 28.5 Å². The summed E-state index contributed by atoms with van der Waals surface area (Å²) >= 11 is 5.56. The number of thioether (sulfide) groups is 1. The standard InChI is InChI=1S/C28H29BrN2O2S2/c1-19-7-13-25(14-8-19)35(32,33)30-17-22-16-24-18-34-28(21-9-11-23(29)12-10-21)31(24)27(22)26(30)15-20-5-3-2-4-6-20/h2-14,22,24,26-28H,15-18H2,1H3/t22-,24-,26+,27-,28+/m1/s1. The van der Waals surface area contributed by atoms with Crippen molar-refractivity contribution in [2.24, 2.45) is 5.92 Å². The van der Waals surface area contributed by atoms with E-state index < -0.39 is 10.0 Å². The number of rotatable bonds is 5. The molecular weight excluding hydrogens is 540 g/mol. The Labute approximate surface area is 220 Å². The Morgan fingerprint density at radius 2 is 1.69 bits per heavy atom. The molecule has 3 heterocycles. The molecule has 3 aromatic rings. The van der Waals surface area contributed by atoms with Gasteiger partial charge < -0.3 is 0 Å². The number of halogens is 1. The Hall–Kier alpha value is -1.64. The van der Waals surface area contributed by atoms with Gasteiger partial charge in [-0.3, -0.25) is 4.90 Å². The fraction of sp³-hybridized carbons (Fsp3) is 0.357. The molecule has 6 rings (SSSR count). The van der Waals surface area contributed by atoms with Crippen molar-refractivity contribution in [3.63, 3.8) is 0 Å². The molecule has 0 aromatic heterocycles. The number of hydrogen-bond donors (Lipinski definition) is 0. The minimum Gasteiger partial charge on any atom is -0.279 e. The van der Waals surface area contributed by atoms with Gasteiger partial charge in [0.25, 0.3) is 0 Å². The second-order valence-electron chi connectivity index (χ2n) is 9.97. The molecule has 0 radical (unpaired) electrons. The Balaban J connectivity index is 1.39. The fourth-order valence-corrected chi connectivity index (χ4v) is 9.72. The molecule has 5 atom stereocenters. The molecule has 3 saturated heterocycles. The minimum atomic E-state index is -3.59. The summed E-state index contributed by atoms with van der Waals surface area (Å²) in [6.45, 7) is 2.59.